The van der Waals surface area contributed by atoms with Gasteiger partial charge in [0.05, 0.1) is 17.9 Å². The first-order valence-electron chi connectivity index (χ1n) is 9.01. The maximum Gasteiger partial charge on any atom is 0.326 e. The summed E-state index contributed by atoms with van der Waals surface area (Å²) in [6, 6.07) is 3.23. The Kier molecular flexibility index (Phi) is 4.05. The second-order valence-electron chi connectivity index (χ2n) is 6.78. The van der Waals surface area contributed by atoms with Crippen molar-refractivity contribution < 1.29 is 13.9 Å². The van der Waals surface area contributed by atoms with Gasteiger partial charge in [-0.05, 0) is 31.1 Å². The number of nitrogens with zero attached hydrogens (tertiary/aromatic N) is 5. The lowest BCUT2D eigenvalue weighted by atomic mass is 10.3. The van der Waals surface area contributed by atoms with Gasteiger partial charge in [0.1, 0.15) is 17.3 Å². The zero-order chi connectivity index (χ0) is 20.8. The predicted octanol–water partition coefficient (Wildman–Crippen LogP) is 0.479. The topological polar surface area (TPSA) is 136 Å². The summed E-state index contributed by atoms with van der Waals surface area (Å²) in [6.07, 6.45) is 4.81. The summed E-state index contributed by atoms with van der Waals surface area (Å²) in [7, 11) is 0. The Morgan fingerprint density at radius 2 is 2.10 bits per heavy atom. The minimum atomic E-state index is -0.797. The van der Waals surface area contributed by atoms with Gasteiger partial charge in [0.2, 0.25) is 11.8 Å². The van der Waals surface area contributed by atoms with Gasteiger partial charge in [-0.15, -0.1) is 0 Å². The fraction of sp³-hybridized carbons (Fsp3) is 0.167. The SMILES string of the molecule is O=c1[nH]c(O)c(C=c2cnn3c(=NC4CC4)nc(Nc4ccc(F)cc4F)nc23)[nH]1. The molecule has 1 saturated carbocycles. The quantitative estimate of drug-likeness (QED) is 0.385. The highest BCUT2D eigenvalue weighted by atomic mass is 19.1. The number of hydrogen-bond donors (Lipinski definition) is 4. The molecule has 0 bridgehead atoms. The fourth-order valence-corrected chi connectivity index (χ4v) is 2.85. The Bertz CT molecular complexity index is 1450. The van der Waals surface area contributed by atoms with Crippen molar-refractivity contribution in [3.05, 3.63) is 63.0 Å². The van der Waals surface area contributed by atoms with E-state index in [1.54, 1.807) is 0 Å². The zero-order valence-corrected chi connectivity index (χ0v) is 15.2. The van der Waals surface area contributed by atoms with Gasteiger partial charge in [-0.25, -0.2) is 18.6 Å². The third kappa shape index (κ3) is 3.38. The van der Waals surface area contributed by atoms with Crippen LogP contribution in [0.5, 0.6) is 5.88 Å². The van der Waals surface area contributed by atoms with Crippen molar-refractivity contribution in [2.45, 2.75) is 18.9 Å². The maximum absolute atomic E-state index is 14.1. The molecule has 1 aliphatic carbocycles. The van der Waals surface area contributed by atoms with Gasteiger partial charge in [0, 0.05) is 11.3 Å². The number of hydrogen-bond acceptors (Lipinski definition) is 7. The van der Waals surface area contributed by atoms with E-state index < -0.39 is 17.3 Å². The van der Waals surface area contributed by atoms with Crippen LogP contribution in [-0.2, 0) is 0 Å². The number of fused-ring (bicyclic) bond motifs is 1. The van der Waals surface area contributed by atoms with Crippen molar-refractivity contribution in [1.29, 1.82) is 0 Å². The molecule has 4 N–H and O–H groups in total. The minimum absolute atomic E-state index is 0.00391. The summed E-state index contributed by atoms with van der Waals surface area (Å²) in [5, 5.41) is 17.2. The molecular weight excluding hydrogens is 398 g/mol. The summed E-state index contributed by atoms with van der Waals surface area (Å²) < 4.78 is 28.7. The van der Waals surface area contributed by atoms with Crippen LogP contribution in [-0.4, -0.2) is 40.7 Å². The van der Waals surface area contributed by atoms with E-state index in [-0.39, 0.29) is 34.9 Å². The summed E-state index contributed by atoms with van der Waals surface area (Å²) >= 11 is 0. The molecule has 152 valence electrons. The van der Waals surface area contributed by atoms with Crippen LogP contribution in [0.1, 0.15) is 18.5 Å². The molecule has 1 aliphatic rings. The van der Waals surface area contributed by atoms with Crippen LogP contribution in [0.3, 0.4) is 0 Å². The number of aromatic nitrogens is 6. The van der Waals surface area contributed by atoms with Gasteiger partial charge < -0.3 is 15.4 Å². The zero-order valence-electron chi connectivity index (χ0n) is 15.2. The molecule has 0 spiro atoms. The summed E-state index contributed by atoms with van der Waals surface area (Å²) in [6.45, 7) is 0. The van der Waals surface area contributed by atoms with Crippen molar-refractivity contribution in [1.82, 2.24) is 29.5 Å². The molecule has 1 fully saturated rings. The van der Waals surface area contributed by atoms with E-state index in [1.165, 1.54) is 22.9 Å². The van der Waals surface area contributed by atoms with E-state index in [0.29, 0.717) is 10.9 Å². The number of rotatable bonds is 4. The van der Waals surface area contributed by atoms with Gasteiger partial charge >= 0.3 is 5.69 Å². The normalized spacial score (nSPS) is 15.3. The van der Waals surface area contributed by atoms with E-state index in [9.17, 15) is 18.7 Å². The third-order valence-corrected chi connectivity index (χ3v) is 4.44. The van der Waals surface area contributed by atoms with E-state index >= 15 is 0 Å². The molecule has 10 nitrogen and oxygen atoms in total. The van der Waals surface area contributed by atoms with Gasteiger partial charge in [0.25, 0.3) is 5.62 Å². The highest BCUT2D eigenvalue weighted by molar-refractivity contribution is 5.59. The summed E-state index contributed by atoms with van der Waals surface area (Å²) in [5.41, 5.74) is 0.155. The first-order chi connectivity index (χ1) is 14.5. The highest BCUT2D eigenvalue weighted by Crippen LogP contribution is 2.22. The van der Waals surface area contributed by atoms with E-state index in [2.05, 4.69) is 35.3 Å². The molecular formula is C18H14F2N8O2. The van der Waals surface area contributed by atoms with Gasteiger partial charge in [-0.3, -0.25) is 4.98 Å². The lowest BCUT2D eigenvalue weighted by Gasteiger charge is -2.06. The molecule has 30 heavy (non-hydrogen) atoms. The smallest absolute Gasteiger partial charge is 0.326 e. The molecule has 5 rings (SSSR count). The third-order valence-electron chi connectivity index (χ3n) is 4.44. The molecule has 12 heteroatoms. The standard InChI is InChI=1S/C18H14F2N8O2/c19-9-1-4-12(11(20)6-9)23-16-25-14-8(5-13-15(29)26-18(30)24-13)7-21-28(14)17(27-16)22-10-2-3-10/h1,4-7,10,29H,2-3H2,(H,22,23,27)(H2,24,26,30). The number of benzene rings is 1. The molecule has 4 aromatic rings. The monoisotopic (exact) mass is 412 g/mol. The minimum Gasteiger partial charge on any atom is -0.493 e. The Morgan fingerprint density at radius 3 is 2.80 bits per heavy atom. The lowest BCUT2D eigenvalue weighted by Crippen LogP contribution is -2.24. The van der Waals surface area contributed by atoms with Crippen LogP contribution < -0.4 is 21.8 Å². The first kappa shape index (κ1) is 18.0. The van der Waals surface area contributed by atoms with Crippen LogP contribution in [0.2, 0.25) is 0 Å². The Balaban J connectivity index is 1.68. The molecule has 3 heterocycles. The van der Waals surface area contributed by atoms with Gasteiger partial charge in [-0.2, -0.15) is 19.6 Å². The second kappa shape index (κ2) is 6.76. The van der Waals surface area contributed by atoms with E-state index in [1.807, 2.05) is 0 Å². The summed E-state index contributed by atoms with van der Waals surface area (Å²) in [5.74, 6) is -1.79. The van der Waals surface area contributed by atoms with Crippen molar-refractivity contribution >= 4 is 23.4 Å². The fourth-order valence-electron chi connectivity index (χ4n) is 2.85. The van der Waals surface area contributed by atoms with Crippen LogP contribution >= 0.6 is 0 Å². The van der Waals surface area contributed by atoms with Crippen molar-refractivity contribution in [3.63, 3.8) is 0 Å². The van der Waals surface area contributed by atoms with Crippen LogP contribution in [0.25, 0.3) is 11.7 Å². The number of aromatic hydroxyl groups is 1. The van der Waals surface area contributed by atoms with Crippen molar-refractivity contribution in [2.24, 2.45) is 4.99 Å². The van der Waals surface area contributed by atoms with Crippen LogP contribution in [0, 0.1) is 11.6 Å². The Morgan fingerprint density at radius 1 is 1.27 bits per heavy atom. The molecule has 0 atom stereocenters. The van der Waals surface area contributed by atoms with Crippen LogP contribution in [0.4, 0.5) is 20.4 Å². The lowest BCUT2D eigenvalue weighted by molar-refractivity contribution is 0.454. The van der Waals surface area contributed by atoms with E-state index in [0.717, 1.165) is 25.0 Å². The number of halogens is 2. The number of aromatic amines is 2. The maximum atomic E-state index is 14.1. The van der Waals surface area contributed by atoms with Gasteiger partial charge in [-0.1, -0.05) is 0 Å². The number of nitrogens with one attached hydrogen (secondary N) is 3. The van der Waals surface area contributed by atoms with Crippen LogP contribution in [0.15, 0.2) is 34.2 Å². The molecule has 0 amide bonds. The van der Waals surface area contributed by atoms with Gasteiger partial charge in [0.15, 0.2) is 5.65 Å². The predicted molar refractivity (Wildman–Crippen MR) is 101 cm³/mol. The molecule has 0 radical (unpaired) electrons. The van der Waals surface area contributed by atoms with Crippen molar-refractivity contribution in [2.75, 3.05) is 5.32 Å². The summed E-state index contributed by atoms with van der Waals surface area (Å²) in [4.78, 5) is 29.2. The Labute approximate surface area is 165 Å². The second-order valence-corrected chi connectivity index (χ2v) is 6.78. The molecule has 0 saturated heterocycles. The largest absolute Gasteiger partial charge is 0.493 e. The van der Waals surface area contributed by atoms with Crippen molar-refractivity contribution in [3.8, 4) is 5.88 Å². The average molecular weight is 412 g/mol. The molecule has 0 unspecified atom stereocenters. The Hall–Kier alpha value is -4.09. The van der Waals surface area contributed by atoms with E-state index in [4.69, 9.17) is 0 Å². The molecule has 0 aliphatic heterocycles. The first-order valence-corrected chi connectivity index (χ1v) is 9.01. The number of anilines is 2. The number of imidazole rings is 1. The molecule has 3 aromatic heterocycles. The average Bonchev–Trinajstić information content (AvgIpc) is 3.33. The highest BCUT2D eigenvalue weighted by Gasteiger charge is 2.21. The number of H-pyrrole nitrogens is 2. The molecule has 1 aromatic carbocycles.